The molecule has 1 aromatic carbocycles. The second kappa shape index (κ2) is 9.50. The van der Waals surface area contributed by atoms with Crippen LogP contribution in [0.5, 0.6) is 0 Å². The highest BCUT2D eigenvalue weighted by atomic mass is 35.5. The van der Waals surface area contributed by atoms with Gasteiger partial charge in [0, 0.05) is 34.4 Å². The standard InChI is InChI=1S/C22H26Cl2N2O2S/c1-4-25(20(27)11-14(2)3)13-21(28)26-9-7-19-17(8-10-29-19)22(26)16-6-5-15(23)12-18(16)24/h5-6,8,10,12,14,22H,4,7,9,11,13H2,1-3H3. The quantitative estimate of drug-likeness (QED) is 0.586. The summed E-state index contributed by atoms with van der Waals surface area (Å²) in [7, 11) is 0. The van der Waals surface area contributed by atoms with Gasteiger partial charge in [-0.1, -0.05) is 43.1 Å². The summed E-state index contributed by atoms with van der Waals surface area (Å²) < 4.78 is 0. The molecule has 7 heteroatoms. The number of thiophene rings is 1. The third kappa shape index (κ3) is 4.96. The van der Waals surface area contributed by atoms with Crippen LogP contribution in [0.3, 0.4) is 0 Å². The molecule has 156 valence electrons. The summed E-state index contributed by atoms with van der Waals surface area (Å²) >= 11 is 14.3. The van der Waals surface area contributed by atoms with Gasteiger partial charge in [-0.15, -0.1) is 11.3 Å². The Balaban J connectivity index is 1.90. The van der Waals surface area contributed by atoms with Crippen LogP contribution >= 0.6 is 34.5 Å². The number of amides is 2. The maximum Gasteiger partial charge on any atom is 0.242 e. The molecule has 3 rings (SSSR count). The number of carbonyl (C=O) groups excluding carboxylic acids is 2. The van der Waals surface area contributed by atoms with E-state index in [9.17, 15) is 9.59 Å². The smallest absolute Gasteiger partial charge is 0.242 e. The molecule has 2 heterocycles. The SMILES string of the molecule is CCN(CC(=O)N1CCc2sccc2C1c1ccc(Cl)cc1Cl)C(=O)CC(C)C. The molecule has 0 fully saturated rings. The molecule has 2 aromatic rings. The molecule has 0 aliphatic carbocycles. The number of nitrogens with zero attached hydrogens (tertiary/aromatic N) is 2. The number of rotatable bonds is 6. The lowest BCUT2D eigenvalue weighted by Crippen LogP contribution is -2.47. The van der Waals surface area contributed by atoms with Crippen LogP contribution in [0, 0.1) is 5.92 Å². The Kier molecular flexibility index (Phi) is 7.25. The number of carbonyl (C=O) groups is 2. The van der Waals surface area contributed by atoms with Crippen molar-refractivity contribution in [1.29, 1.82) is 0 Å². The number of hydrogen-bond donors (Lipinski definition) is 0. The Hall–Kier alpha value is -1.56. The number of benzene rings is 1. The fraction of sp³-hybridized carbons (Fsp3) is 0.455. The molecule has 0 saturated carbocycles. The Morgan fingerprint density at radius 3 is 2.66 bits per heavy atom. The average Bonchev–Trinajstić information content (AvgIpc) is 3.13. The summed E-state index contributed by atoms with van der Waals surface area (Å²) in [5, 5.41) is 3.16. The van der Waals surface area contributed by atoms with E-state index in [0.29, 0.717) is 29.6 Å². The highest BCUT2D eigenvalue weighted by Gasteiger charge is 2.34. The monoisotopic (exact) mass is 452 g/mol. The third-order valence-electron chi connectivity index (χ3n) is 5.19. The Morgan fingerprint density at radius 2 is 2.00 bits per heavy atom. The number of fused-ring (bicyclic) bond motifs is 1. The minimum Gasteiger partial charge on any atom is -0.334 e. The van der Waals surface area contributed by atoms with Crippen molar-refractivity contribution in [1.82, 2.24) is 9.80 Å². The van der Waals surface area contributed by atoms with Crippen LogP contribution in [0.4, 0.5) is 0 Å². The van der Waals surface area contributed by atoms with Gasteiger partial charge < -0.3 is 9.80 Å². The minimum absolute atomic E-state index is 0.0187. The Bertz CT molecular complexity index is 897. The first-order chi connectivity index (χ1) is 13.8. The zero-order valence-corrected chi connectivity index (χ0v) is 19.3. The molecule has 1 aromatic heterocycles. The molecule has 29 heavy (non-hydrogen) atoms. The molecule has 2 amide bonds. The van der Waals surface area contributed by atoms with E-state index in [1.54, 1.807) is 28.4 Å². The van der Waals surface area contributed by atoms with Crippen LogP contribution in [0.1, 0.15) is 49.2 Å². The zero-order valence-electron chi connectivity index (χ0n) is 17.0. The molecular weight excluding hydrogens is 427 g/mol. The van der Waals surface area contributed by atoms with Crippen LogP contribution in [0.2, 0.25) is 10.0 Å². The van der Waals surface area contributed by atoms with Gasteiger partial charge in [-0.25, -0.2) is 0 Å². The van der Waals surface area contributed by atoms with E-state index >= 15 is 0 Å². The van der Waals surface area contributed by atoms with Crippen molar-refractivity contribution in [2.45, 2.75) is 39.7 Å². The number of halogens is 2. The predicted molar refractivity (Wildman–Crippen MR) is 120 cm³/mol. The van der Waals surface area contributed by atoms with Crippen molar-refractivity contribution < 1.29 is 9.59 Å². The largest absolute Gasteiger partial charge is 0.334 e. The van der Waals surface area contributed by atoms with E-state index in [4.69, 9.17) is 23.2 Å². The van der Waals surface area contributed by atoms with Gasteiger partial charge >= 0.3 is 0 Å². The predicted octanol–water partition coefficient (Wildman–Crippen LogP) is 5.42. The van der Waals surface area contributed by atoms with Gasteiger partial charge in [0.15, 0.2) is 0 Å². The molecule has 1 aliphatic rings. The Labute approximate surface area is 186 Å². The first kappa shape index (κ1) is 22.1. The first-order valence-electron chi connectivity index (χ1n) is 9.90. The van der Waals surface area contributed by atoms with Crippen molar-refractivity contribution in [2.24, 2.45) is 5.92 Å². The van der Waals surface area contributed by atoms with Gasteiger partial charge in [0.25, 0.3) is 0 Å². The van der Waals surface area contributed by atoms with Gasteiger partial charge in [-0.3, -0.25) is 9.59 Å². The summed E-state index contributed by atoms with van der Waals surface area (Å²) in [6, 6.07) is 7.21. The highest BCUT2D eigenvalue weighted by molar-refractivity contribution is 7.10. The summed E-state index contributed by atoms with van der Waals surface area (Å²) in [5.74, 6) is 0.220. The molecule has 0 N–H and O–H groups in total. The lowest BCUT2D eigenvalue weighted by atomic mass is 9.93. The normalized spacial score (nSPS) is 16.1. The van der Waals surface area contributed by atoms with E-state index in [-0.39, 0.29) is 30.3 Å². The first-order valence-corrected chi connectivity index (χ1v) is 11.5. The zero-order chi connectivity index (χ0) is 21.1. The van der Waals surface area contributed by atoms with Crippen LogP contribution in [0.25, 0.3) is 0 Å². The molecule has 0 radical (unpaired) electrons. The average molecular weight is 453 g/mol. The molecule has 0 saturated heterocycles. The summed E-state index contributed by atoms with van der Waals surface area (Å²) in [4.78, 5) is 30.6. The van der Waals surface area contributed by atoms with Crippen molar-refractivity contribution >= 4 is 46.4 Å². The van der Waals surface area contributed by atoms with Gasteiger partial charge in [0.2, 0.25) is 11.8 Å². The van der Waals surface area contributed by atoms with E-state index in [1.165, 1.54) is 4.88 Å². The topological polar surface area (TPSA) is 40.6 Å². The maximum atomic E-state index is 13.3. The third-order valence-corrected chi connectivity index (χ3v) is 6.75. The minimum atomic E-state index is -0.263. The molecule has 0 bridgehead atoms. The van der Waals surface area contributed by atoms with Crippen LogP contribution in [0.15, 0.2) is 29.6 Å². The van der Waals surface area contributed by atoms with Crippen LogP contribution in [-0.2, 0) is 16.0 Å². The van der Waals surface area contributed by atoms with E-state index in [1.807, 2.05) is 31.7 Å². The van der Waals surface area contributed by atoms with Gasteiger partial charge in [-0.2, -0.15) is 0 Å². The Morgan fingerprint density at radius 1 is 1.24 bits per heavy atom. The van der Waals surface area contributed by atoms with E-state index in [0.717, 1.165) is 17.5 Å². The van der Waals surface area contributed by atoms with Crippen molar-refractivity contribution in [3.63, 3.8) is 0 Å². The molecule has 1 atom stereocenters. The second-order valence-electron chi connectivity index (χ2n) is 7.71. The lowest BCUT2D eigenvalue weighted by Gasteiger charge is -2.38. The summed E-state index contributed by atoms with van der Waals surface area (Å²) in [6.45, 7) is 7.13. The maximum absolute atomic E-state index is 13.3. The number of hydrogen-bond acceptors (Lipinski definition) is 3. The summed E-state index contributed by atoms with van der Waals surface area (Å²) in [6.07, 6.45) is 1.26. The molecular formula is C22H26Cl2N2O2S. The molecule has 1 unspecified atom stereocenters. The van der Waals surface area contributed by atoms with E-state index < -0.39 is 0 Å². The molecule has 1 aliphatic heterocycles. The van der Waals surface area contributed by atoms with Crippen molar-refractivity contribution in [3.05, 3.63) is 55.7 Å². The lowest BCUT2D eigenvalue weighted by molar-refractivity contribution is -0.142. The van der Waals surface area contributed by atoms with Crippen LogP contribution < -0.4 is 0 Å². The fourth-order valence-corrected chi connectivity index (χ4v) is 5.17. The molecule has 0 spiro atoms. The summed E-state index contributed by atoms with van der Waals surface area (Å²) in [5.41, 5.74) is 1.97. The molecule has 4 nitrogen and oxygen atoms in total. The van der Waals surface area contributed by atoms with Crippen molar-refractivity contribution in [3.8, 4) is 0 Å². The van der Waals surface area contributed by atoms with Gasteiger partial charge in [0.1, 0.15) is 0 Å². The fourth-order valence-electron chi connectivity index (χ4n) is 3.75. The van der Waals surface area contributed by atoms with Gasteiger partial charge in [0.05, 0.1) is 12.6 Å². The highest BCUT2D eigenvalue weighted by Crippen LogP contribution is 2.41. The van der Waals surface area contributed by atoms with Crippen LogP contribution in [-0.4, -0.2) is 41.2 Å². The second-order valence-corrected chi connectivity index (χ2v) is 9.55. The van der Waals surface area contributed by atoms with Crippen molar-refractivity contribution in [2.75, 3.05) is 19.6 Å². The van der Waals surface area contributed by atoms with Gasteiger partial charge in [-0.05, 0) is 54.0 Å². The number of likely N-dealkylation sites (N-methyl/N-ethyl adjacent to an activating group) is 1. The van der Waals surface area contributed by atoms with E-state index in [2.05, 4.69) is 11.4 Å².